The van der Waals surface area contributed by atoms with Gasteiger partial charge in [0.1, 0.15) is 12.2 Å². The molecule has 14 heavy (non-hydrogen) atoms. The van der Waals surface area contributed by atoms with Crippen molar-refractivity contribution in [1.82, 2.24) is 0 Å². The van der Waals surface area contributed by atoms with Crippen molar-refractivity contribution in [2.45, 2.75) is 31.7 Å². The summed E-state index contributed by atoms with van der Waals surface area (Å²) in [6, 6.07) is 0. The SMILES string of the molecule is CCOC(=O)C1=C[C@H](O)[C@H](O)[C@@H](O)C1. The number of esters is 1. The van der Waals surface area contributed by atoms with Crippen molar-refractivity contribution in [1.29, 1.82) is 0 Å². The minimum absolute atomic E-state index is 0.0110. The molecule has 5 nitrogen and oxygen atoms in total. The van der Waals surface area contributed by atoms with Gasteiger partial charge in [0.05, 0.1) is 12.7 Å². The summed E-state index contributed by atoms with van der Waals surface area (Å²) < 4.78 is 4.70. The van der Waals surface area contributed by atoms with Gasteiger partial charge < -0.3 is 20.1 Å². The van der Waals surface area contributed by atoms with Gasteiger partial charge in [0.25, 0.3) is 0 Å². The molecular formula is C9H14O5. The molecule has 0 saturated carbocycles. The molecule has 0 amide bonds. The van der Waals surface area contributed by atoms with Gasteiger partial charge in [-0.05, 0) is 13.0 Å². The molecule has 0 aromatic rings. The molecule has 5 heteroatoms. The molecule has 0 spiro atoms. The molecule has 80 valence electrons. The Bertz CT molecular complexity index is 248. The Balaban J connectivity index is 2.71. The van der Waals surface area contributed by atoms with Crippen molar-refractivity contribution in [3.8, 4) is 0 Å². The molecule has 1 aliphatic carbocycles. The van der Waals surface area contributed by atoms with Crippen LogP contribution in [0.1, 0.15) is 13.3 Å². The van der Waals surface area contributed by atoms with Crippen LogP contribution in [0, 0.1) is 0 Å². The molecule has 1 rings (SSSR count). The number of rotatable bonds is 2. The van der Waals surface area contributed by atoms with Crippen LogP contribution in [0.3, 0.4) is 0 Å². The summed E-state index contributed by atoms with van der Waals surface area (Å²) in [5, 5.41) is 27.7. The van der Waals surface area contributed by atoms with Gasteiger partial charge in [0.2, 0.25) is 0 Å². The quantitative estimate of drug-likeness (QED) is 0.498. The fourth-order valence-electron chi connectivity index (χ4n) is 1.32. The minimum atomic E-state index is -1.23. The van der Waals surface area contributed by atoms with Crippen LogP contribution in [0.2, 0.25) is 0 Å². The van der Waals surface area contributed by atoms with Crippen LogP contribution in [-0.4, -0.2) is 46.2 Å². The Morgan fingerprint density at radius 1 is 1.57 bits per heavy atom. The number of aliphatic hydroxyl groups is 3. The first-order valence-corrected chi connectivity index (χ1v) is 4.48. The highest BCUT2D eigenvalue weighted by Crippen LogP contribution is 2.20. The minimum Gasteiger partial charge on any atom is -0.463 e. The molecule has 1 aliphatic rings. The lowest BCUT2D eigenvalue weighted by molar-refractivity contribution is -0.140. The average molecular weight is 202 g/mol. The Hall–Kier alpha value is -0.910. The molecule has 0 aromatic heterocycles. The lowest BCUT2D eigenvalue weighted by Crippen LogP contribution is -2.41. The largest absolute Gasteiger partial charge is 0.463 e. The molecular weight excluding hydrogens is 188 g/mol. The number of ether oxygens (including phenoxy) is 1. The van der Waals surface area contributed by atoms with Crippen molar-refractivity contribution >= 4 is 5.97 Å². The summed E-state index contributed by atoms with van der Waals surface area (Å²) in [5.41, 5.74) is 0.206. The third kappa shape index (κ3) is 2.31. The van der Waals surface area contributed by atoms with Crippen molar-refractivity contribution in [2.75, 3.05) is 6.61 Å². The highest BCUT2D eigenvalue weighted by molar-refractivity contribution is 5.88. The molecule has 3 N–H and O–H groups in total. The zero-order chi connectivity index (χ0) is 10.7. The third-order valence-electron chi connectivity index (χ3n) is 2.08. The zero-order valence-corrected chi connectivity index (χ0v) is 7.88. The second kappa shape index (κ2) is 4.54. The summed E-state index contributed by atoms with van der Waals surface area (Å²) in [6.07, 6.45) is -2.33. The molecule has 0 radical (unpaired) electrons. The maximum Gasteiger partial charge on any atom is 0.333 e. The summed E-state index contributed by atoms with van der Waals surface area (Å²) in [4.78, 5) is 11.2. The standard InChI is InChI=1S/C9H14O5/c1-2-14-9(13)5-3-6(10)8(12)7(11)4-5/h3,6-8,10-12H,2,4H2,1H3/t6-,7-,8-/m0/s1. The van der Waals surface area contributed by atoms with Gasteiger partial charge in [-0.15, -0.1) is 0 Å². The Kier molecular flexibility index (Phi) is 3.62. The summed E-state index contributed by atoms with van der Waals surface area (Å²) in [5.74, 6) is -0.558. The maximum atomic E-state index is 11.2. The third-order valence-corrected chi connectivity index (χ3v) is 2.08. The van der Waals surface area contributed by atoms with Gasteiger partial charge in [-0.1, -0.05) is 0 Å². The lowest BCUT2D eigenvalue weighted by atomic mass is 9.92. The van der Waals surface area contributed by atoms with E-state index in [2.05, 4.69) is 0 Å². The van der Waals surface area contributed by atoms with Crippen molar-refractivity contribution in [3.05, 3.63) is 11.6 Å². The predicted octanol–water partition coefficient (Wildman–Crippen LogP) is -1.04. The number of hydrogen-bond donors (Lipinski definition) is 3. The van der Waals surface area contributed by atoms with Gasteiger partial charge in [-0.2, -0.15) is 0 Å². The van der Waals surface area contributed by atoms with Crippen LogP contribution in [0.4, 0.5) is 0 Å². The first kappa shape index (κ1) is 11.2. The zero-order valence-electron chi connectivity index (χ0n) is 7.88. The van der Waals surface area contributed by atoms with E-state index in [0.29, 0.717) is 0 Å². The number of hydrogen-bond acceptors (Lipinski definition) is 5. The van der Waals surface area contributed by atoms with Crippen molar-refractivity contribution in [2.24, 2.45) is 0 Å². The molecule has 0 aromatic carbocycles. The van der Waals surface area contributed by atoms with Crippen LogP contribution in [0.25, 0.3) is 0 Å². The molecule has 3 atom stereocenters. The lowest BCUT2D eigenvalue weighted by Gasteiger charge is -2.26. The molecule has 0 unspecified atom stereocenters. The van der Waals surface area contributed by atoms with E-state index in [4.69, 9.17) is 4.74 Å². The average Bonchev–Trinajstić information content (AvgIpc) is 2.13. The van der Waals surface area contributed by atoms with E-state index < -0.39 is 24.3 Å². The maximum absolute atomic E-state index is 11.2. The first-order valence-electron chi connectivity index (χ1n) is 4.48. The van der Waals surface area contributed by atoms with Crippen LogP contribution < -0.4 is 0 Å². The van der Waals surface area contributed by atoms with Crippen molar-refractivity contribution < 1.29 is 24.9 Å². The number of aliphatic hydroxyl groups excluding tert-OH is 3. The molecule has 0 heterocycles. The summed E-state index contributed by atoms with van der Waals surface area (Å²) >= 11 is 0. The van der Waals surface area contributed by atoms with Gasteiger partial charge in [-0.3, -0.25) is 0 Å². The predicted molar refractivity (Wildman–Crippen MR) is 47.4 cm³/mol. The van der Waals surface area contributed by atoms with E-state index in [0.717, 1.165) is 0 Å². The van der Waals surface area contributed by atoms with E-state index in [9.17, 15) is 20.1 Å². The molecule has 0 aliphatic heterocycles. The Labute approximate surface area is 81.6 Å². The van der Waals surface area contributed by atoms with E-state index >= 15 is 0 Å². The molecule has 0 bridgehead atoms. The Morgan fingerprint density at radius 3 is 2.71 bits per heavy atom. The van der Waals surface area contributed by atoms with Gasteiger partial charge >= 0.3 is 5.97 Å². The second-order valence-electron chi connectivity index (χ2n) is 3.17. The highest BCUT2D eigenvalue weighted by Gasteiger charge is 2.31. The number of carbonyl (C=O) groups excluding carboxylic acids is 1. The van der Waals surface area contributed by atoms with E-state index in [1.807, 2.05) is 0 Å². The monoisotopic (exact) mass is 202 g/mol. The molecule has 0 saturated heterocycles. The van der Waals surface area contributed by atoms with Crippen LogP contribution in [-0.2, 0) is 9.53 Å². The molecule has 0 fully saturated rings. The fraction of sp³-hybridized carbons (Fsp3) is 0.667. The second-order valence-corrected chi connectivity index (χ2v) is 3.17. The highest BCUT2D eigenvalue weighted by atomic mass is 16.5. The smallest absolute Gasteiger partial charge is 0.333 e. The van der Waals surface area contributed by atoms with Gasteiger partial charge in [0, 0.05) is 12.0 Å². The van der Waals surface area contributed by atoms with Crippen molar-refractivity contribution in [3.63, 3.8) is 0 Å². The van der Waals surface area contributed by atoms with Gasteiger partial charge in [-0.25, -0.2) is 4.79 Å². The first-order chi connectivity index (χ1) is 6.56. The Morgan fingerprint density at radius 2 is 2.21 bits per heavy atom. The normalized spacial score (nSPS) is 32.3. The van der Waals surface area contributed by atoms with E-state index in [1.165, 1.54) is 6.08 Å². The fourth-order valence-corrected chi connectivity index (χ4v) is 1.32. The summed E-state index contributed by atoms with van der Waals surface area (Å²) in [6.45, 7) is 1.91. The van der Waals surface area contributed by atoms with E-state index in [-0.39, 0.29) is 18.6 Å². The van der Waals surface area contributed by atoms with Gasteiger partial charge in [0.15, 0.2) is 0 Å². The van der Waals surface area contributed by atoms with E-state index in [1.54, 1.807) is 6.92 Å². The van der Waals surface area contributed by atoms with Crippen LogP contribution in [0.15, 0.2) is 11.6 Å². The van der Waals surface area contributed by atoms with Crippen LogP contribution >= 0.6 is 0 Å². The topological polar surface area (TPSA) is 87.0 Å². The number of carbonyl (C=O) groups is 1. The summed E-state index contributed by atoms with van der Waals surface area (Å²) in [7, 11) is 0. The van der Waals surface area contributed by atoms with Crippen LogP contribution in [0.5, 0.6) is 0 Å².